The van der Waals surface area contributed by atoms with E-state index in [2.05, 4.69) is 15.5 Å². The lowest BCUT2D eigenvalue weighted by Crippen LogP contribution is -2.26. The van der Waals surface area contributed by atoms with Crippen molar-refractivity contribution in [3.05, 3.63) is 35.3 Å². The van der Waals surface area contributed by atoms with Crippen LogP contribution in [-0.4, -0.2) is 61.5 Å². The Morgan fingerprint density at radius 3 is 2.68 bits per heavy atom. The predicted molar refractivity (Wildman–Crippen MR) is 113 cm³/mol. The molecule has 1 heterocycles. The van der Waals surface area contributed by atoms with Gasteiger partial charge in [0.2, 0.25) is 0 Å². The Morgan fingerprint density at radius 1 is 1.35 bits per heavy atom. The van der Waals surface area contributed by atoms with Crippen LogP contribution in [0.4, 0.5) is 13.2 Å². The van der Waals surface area contributed by atoms with E-state index in [1.807, 2.05) is 0 Å². The van der Waals surface area contributed by atoms with E-state index in [9.17, 15) is 26.4 Å². The number of hydrogen-bond acceptors (Lipinski definition) is 10. The maximum Gasteiger partial charge on any atom is 0.432 e. The molecule has 0 spiro atoms. The first-order valence-corrected chi connectivity index (χ1v) is 12.4. The predicted octanol–water partition coefficient (Wildman–Crippen LogP) is 2.98. The van der Waals surface area contributed by atoms with Crippen molar-refractivity contribution in [2.24, 2.45) is 0 Å². The normalized spacial score (nSPS) is 12.5. The Balaban J connectivity index is 2.35. The number of rotatable bonds is 9. The fourth-order valence-electron chi connectivity index (χ4n) is 2.07. The van der Waals surface area contributed by atoms with Crippen molar-refractivity contribution in [1.82, 2.24) is 15.5 Å². The molecule has 2 rings (SSSR count). The highest BCUT2D eigenvalue weighted by Crippen LogP contribution is 2.29. The van der Waals surface area contributed by atoms with E-state index >= 15 is 0 Å². The number of hydrogen-bond donors (Lipinski definition) is 2. The minimum Gasteiger partial charge on any atom is -0.453 e. The monoisotopic (exact) mass is 494 g/mol. The van der Waals surface area contributed by atoms with E-state index in [-0.39, 0.29) is 26.5 Å². The number of aromatic nitrogens is 2. The molecule has 0 saturated heterocycles. The van der Waals surface area contributed by atoms with E-state index in [4.69, 9.17) is 10.1 Å². The van der Waals surface area contributed by atoms with Crippen molar-refractivity contribution in [3.63, 3.8) is 0 Å². The number of thioether (sulfide) groups is 1. The number of benzene rings is 1. The van der Waals surface area contributed by atoms with Crippen LogP contribution in [0.3, 0.4) is 0 Å². The second-order valence-electron chi connectivity index (χ2n) is 5.96. The summed E-state index contributed by atoms with van der Waals surface area (Å²) >= 11 is 2.11. The van der Waals surface area contributed by atoms with Gasteiger partial charge in [-0.3, -0.25) is 10.2 Å². The van der Waals surface area contributed by atoms with Crippen molar-refractivity contribution in [2.45, 2.75) is 11.1 Å². The SMILES string of the molecule is CSCOC(=O)CN/C(=C\C(=N)C(F)(F)F)c1nnc(-c2cccc(S(C)(=O)=O)c2)s1. The third-order valence-corrected chi connectivity index (χ3v) is 5.99. The number of allylic oxidation sites excluding steroid dienone is 1. The number of carbonyl (C=O) groups is 1. The van der Waals surface area contributed by atoms with Crippen LogP contribution in [0.2, 0.25) is 0 Å². The lowest BCUT2D eigenvalue weighted by Gasteiger charge is -2.10. The lowest BCUT2D eigenvalue weighted by molar-refractivity contribution is -0.140. The van der Waals surface area contributed by atoms with E-state index in [1.165, 1.54) is 30.0 Å². The van der Waals surface area contributed by atoms with Crippen LogP contribution in [0, 0.1) is 5.41 Å². The second kappa shape index (κ2) is 10.2. The fraction of sp³-hybridized carbons (Fsp3) is 0.294. The molecule has 0 saturated carbocycles. The Labute approximate surface area is 184 Å². The highest BCUT2D eigenvalue weighted by molar-refractivity contribution is 7.98. The highest BCUT2D eigenvalue weighted by Gasteiger charge is 2.33. The van der Waals surface area contributed by atoms with Crippen molar-refractivity contribution < 1.29 is 31.1 Å². The molecule has 2 N–H and O–H groups in total. The number of nitrogens with one attached hydrogen (secondary N) is 2. The van der Waals surface area contributed by atoms with Crippen molar-refractivity contribution in [3.8, 4) is 10.6 Å². The van der Waals surface area contributed by atoms with Crippen LogP contribution in [0.5, 0.6) is 0 Å². The molecule has 0 aliphatic carbocycles. The van der Waals surface area contributed by atoms with Gasteiger partial charge < -0.3 is 10.1 Å². The van der Waals surface area contributed by atoms with Gasteiger partial charge in [0.1, 0.15) is 23.2 Å². The third kappa shape index (κ3) is 7.33. The molecular formula is C17H17F3N4O4S3. The van der Waals surface area contributed by atoms with Crippen LogP contribution in [0.15, 0.2) is 35.2 Å². The molecule has 0 amide bonds. The van der Waals surface area contributed by atoms with Gasteiger partial charge in [0.15, 0.2) is 14.8 Å². The molecule has 0 atom stereocenters. The van der Waals surface area contributed by atoms with Gasteiger partial charge in [0.25, 0.3) is 0 Å². The average Bonchev–Trinajstić information content (AvgIpc) is 3.18. The van der Waals surface area contributed by atoms with Gasteiger partial charge in [-0.2, -0.15) is 13.2 Å². The van der Waals surface area contributed by atoms with Crippen LogP contribution < -0.4 is 5.32 Å². The summed E-state index contributed by atoms with van der Waals surface area (Å²) < 4.78 is 66.8. The van der Waals surface area contributed by atoms with Crippen LogP contribution in [0.1, 0.15) is 5.01 Å². The van der Waals surface area contributed by atoms with Crippen molar-refractivity contribution in [1.29, 1.82) is 5.41 Å². The zero-order chi connectivity index (χ0) is 23.2. The Bertz CT molecular complexity index is 1100. The number of nitrogens with zero attached hydrogens (tertiary/aromatic N) is 2. The van der Waals surface area contributed by atoms with E-state index in [0.29, 0.717) is 11.6 Å². The van der Waals surface area contributed by atoms with E-state index in [0.717, 1.165) is 17.6 Å². The largest absolute Gasteiger partial charge is 0.453 e. The Morgan fingerprint density at radius 2 is 2.06 bits per heavy atom. The third-order valence-electron chi connectivity index (χ3n) is 3.52. The average molecular weight is 495 g/mol. The number of carbonyl (C=O) groups excluding carboxylic acids is 1. The number of sulfone groups is 1. The summed E-state index contributed by atoms with van der Waals surface area (Å²) in [6.07, 6.45) is -1.65. The van der Waals surface area contributed by atoms with Crippen molar-refractivity contribution in [2.75, 3.05) is 25.0 Å². The van der Waals surface area contributed by atoms with Gasteiger partial charge >= 0.3 is 12.1 Å². The zero-order valence-electron chi connectivity index (χ0n) is 16.2. The second-order valence-corrected chi connectivity index (χ2v) is 9.76. The molecule has 0 aliphatic heterocycles. The maximum atomic E-state index is 12.8. The molecule has 1 aromatic heterocycles. The molecule has 0 bridgehead atoms. The minimum atomic E-state index is -4.90. The first-order valence-electron chi connectivity index (χ1n) is 8.32. The molecule has 0 radical (unpaired) electrons. The maximum absolute atomic E-state index is 12.8. The summed E-state index contributed by atoms with van der Waals surface area (Å²) in [5.41, 5.74) is -1.49. The van der Waals surface area contributed by atoms with Gasteiger partial charge in [-0.15, -0.1) is 22.0 Å². The van der Waals surface area contributed by atoms with Gasteiger partial charge in [-0.05, 0) is 24.5 Å². The fourth-order valence-corrected chi connectivity index (χ4v) is 3.81. The van der Waals surface area contributed by atoms with Crippen LogP contribution >= 0.6 is 23.1 Å². The molecule has 0 fully saturated rings. The van der Waals surface area contributed by atoms with Crippen LogP contribution in [0.25, 0.3) is 16.3 Å². The molecule has 0 unspecified atom stereocenters. The minimum absolute atomic E-state index is 0.0218. The first-order chi connectivity index (χ1) is 14.4. The topological polar surface area (TPSA) is 122 Å². The standard InChI is InChI=1S/C17H17F3N4O4S3/c1-29-9-28-14(25)8-22-12(7-13(21)17(18,19)20)16-24-23-15(30-16)10-4-3-5-11(6-10)31(2,26)27/h3-7,21-22H,8-9H2,1-2H3/b12-7-,21-13?. The van der Waals surface area contributed by atoms with Gasteiger partial charge in [-0.1, -0.05) is 23.5 Å². The smallest absolute Gasteiger partial charge is 0.432 e. The van der Waals surface area contributed by atoms with Crippen molar-refractivity contribution >= 4 is 50.3 Å². The molecule has 31 heavy (non-hydrogen) atoms. The summed E-state index contributed by atoms with van der Waals surface area (Å²) in [6.45, 7) is -0.448. The van der Waals surface area contributed by atoms with Crippen LogP contribution in [-0.2, 0) is 19.4 Å². The first kappa shape index (κ1) is 24.8. The summed E-state index contributed by atoms with van der Waals surface area (Å²) in [7, 11) is -3.47. The summed E-state index contributed by atoms with van der Waals surface area (Å²) in [4.78, 5) is 11.7. The van der Waals surface area contributed by atoms with E-state index in [1.54, 1.807) is 12.3 Å². The van der Waals surface area contributed by atoms with Gasteiger partial charge in [-0.25, -0.2) is 8.42 Å². The Hall–Kier alpha value is -2.45. The quantitative estimate of drug-likeness (QED) is 0.310. The molecule has 2 aromatic rings. The number of ether oxygens (including phenoxy) is 1. The molecule has 8 nitrogen and oxygen atoms in total. The summed E-state index contributed by atoms with van der Waals surface area (Å²) in [6, 6.07) is 5.85. The number of esters is 1. The molecule has 168 valence electrons. The summed E-state index contributed by atoms with van der Waals surface area (Å²) in [5.74, 6) is -0.623. The summed E-state index contributed by atoms with van der Waals surface area (Å²) in [5, 5.41) is 17.7. The highest BCUT2D eigenvalue weighted by atomic mass is 32.2. The zero-order valence-corrected chi connectivity index (χ0v) is 18.6. The van der Waals surface area contributed by atoms with E-state index < -0.39 is 34.2 Å². The lowest BCUT2D eigenvalue weighted by atomic mass is 10.2. The van der Waals surface area contributed by atoms with Gasteiger partial charge in [0, 0.05) is 11.8 Å². The number of halogens is 3. The molecular weight excluding hydrogens is 477 g/mol. The molecule has 14 heteroatoms. The number of alkyl halides is 3. The molecule has 0 aliphatic rings. The van der Waals surface area contributed by atoms with Gasteiger partial charge in [0.05, 0.1) is 10.6 Å². The Kier molecular flexibility index (Phi) is 8.20. The molecule has 1 aromatic carbocycles.